The van der Waals surface area contributed by atoms with Crippen molar-refractivity contribution in [1.29, 1.82) is 0 Å². The normalized spacial score (nSPS) is 18.6. The van der Waals surface area contributed by atoms with Crippen molar-refractivity contribution in [2.24, 2.45) is 0 Å². The molecule has 1 aliphatic carbocycles. The van der Waals surface area contributed by atoms with E-state index in [9.17, 15) is 9.90 Å². The summed E-state index contributed by atoms with van der Waals surface area (Å²) in [6, 6.07) is 1.64. The van der Waals surface area contributed by atoms with Gasteiger partial charge < -0.3 is 14.4 Å². The van der Waals surface area contributed by atoms with Crippen LogP contribution in [0.4, 0.5) is 0 Å². The molecule has 0 aromatic carbocycles. The lowest BCUT2D eigenvalue weighted by Crippen LogP contribution is -2.41. The van der Waals surface area contributed by atoms with Gasteiger partial charge in [-0.2, -0.15) is 0 Å². The Bertz CT molecular complexity index is 352. The molecule has 0 radical (unpaired) electrons. The molecule has 0 saturated heterocycles. The first kappa shape index (κ1) is 11.2. The van der Waals surface area contributed by atoms with E-state index in [1.165, 1.54) is 12.5 Å². The van der Waals surface area contributed by atoms with Crippen LogP contribution in [0.5, 0.6) is 0 Å². The maximum Gasteiger partial charge on any atom is 0.256 e. The van der Waals surface area contributed by atoms with E-state index in [-0.39, 0.29) is 5.91 Å². The molecule has 1 saturated carbocycles. The summed E-state index contributed by atoms with van der Waals surface area (Å²) in [4.78, 5) is 13.5. The molecule has 88 valence electrons. The minimum Gasteiger partial charge on any atom is -0.472 e. The number of carbonyl (C=O) groups excluding carboxylic acids is 1. The molecule has 2 rings (SSSR count). The molecular formula is C12H17NO3. The van der Waals surface area contributed by atoms with E-state index < -0.39 is 5.60 Å². The van der Waals surface area contributed by atoms with Gasteiger partial charge in [-0.25, -0.2) is 0 Å². The molecule has 0 spiro atoms. The van der Waals surface area contributed by atoms with Crippen LogP contribution in [0.15, 0.2) is 23.0 Å². The molecule has 1 N–H and O–H groups in total. The van der Waals surface area contributed by atoms with Crippen LogP contribution in [0, 0.1) is 0 Å². The Morgan fingerprint density at radius 1 is 1.56 bits per heavy atom. The molecule has 1 fully saturated rings. The monoisotopic (exact) mass is 223 g/mol. The van der Waals surface area contributed by atoms with Crippen LogP contribution in [0.1, 0.15) is 36.0 Å². The second-order valence-corrected chi connectivity index (χ2v) is 4.60. The van der Waals surface area contributed by atoms with Gasteiger partial charge in [-0.15, -0.1) is 0 Å². The zero-order valence-electron chi connectivity index (χ0n) is 9.48. The summed E-state index contributed by atoms with van der Waals surface area (Å²) < 4.78 is 4.87. The first-order chi connectivity index (χ1) is 7.61. The van der Waals surface area contributed by atoms with Crippen LogP contribution in [0.25, 0.3) is 0 Å². The lowest BCUT2D eigenvalue weighted by molar-refractivity contribution is 0.0156. The second kappa shape index (κ2) is 4.29. The van der Waals surface area contributed by atoms with Gasteiger partial charge in [-0.05, 0) is 18.9 Å². The number of hydrogen-bond donors (Lipinski definition) is 1. The van der Waals surface area contributed by atoms with Crippen LogP contribution in [0.2, 0.25) is 0 Å². The molecule has 1 heterocycles. The average molecular weight is 223 g/mol. The van der Waals surface area contributed by atoms with E-state index >= 15 is 0 Å². The van der Waals surface area contributed by atoms with Crippen molar-refractivity contribution in [3.8, 4) is 0 Å². The molecule has 16 heavy (non-hydrogen) atoms. The number of carbonyl (C=O) groups is 1. The Labute approximate surface area is 94.9 Å². The summed E-state index contributed by atoms with van der Waals surface area (Å²) in [6.07, 6.45) is 6.57. The second-order valence-electron chi connectivity index (χ2n) is 4.60. The van der Waals surface area contributed by atoms with E-state index in [0.29, 0.717) is 12.1 Å². The first-order valence-electron chi connectivity index (χ1n) is 5.61. The topological polar surface area (TPSA) is 53.7 Å². The van der Waals surface area contributed by atoms with Gasteiger partial charge in [-0.1, -0.05) is 12.8 Å². The summed E-state index contributed by atoms with van der Waals surface area (Å²) in [7, 11) is 1.71. The van der Waals surface area contributed by atoms with Crippen LogP contribution < -0.4 is 0 Å². The van der Waals surface area contributed by atoms with Gasteiger partial charge in [0.05, 0.1) is 17.4 Å². The number of rotatable bonds is 3. The molecule has 1 amide bonds. The number of hydrogen-bond acceptors (Lipinski definition) is 3. The van der Waals surface area contributed by atoms with Crippen molar-refractivity contribution in [3.63, 3.8) is 0 Å². The minimum atomic E-state index is -0.686. The fourth-order valence-electron chi connectivity index (χ4n) is 2.31. The third kappa shape index (κ3) is 2.27. The lowest BCUT2D eigenvalue weighted by atomic mass is 10.0. The highest BCUT2D eigenvalue weighted by Gasteiger charge is 2.33. The highest BCUT2D eigenvalue weighted by Crippen LogP contribution is 2.30. The van der Waals surface area contributed by atoms with E-state index in [2.05, 4.69) is 0 Å². The van der Waals surface area contributed by atoms with Crippen LogP contribution in [-0.4, -0.2) is 35.1 Å². The fraction of sp³-hybridized carbons (Fsp3) is 0.583. The van der Waals surface area contributed by atoms with Crippen LogP contribution in [0.3, 0.4) is 0 Å². The van der Waals surface area contributed by atoms with Gasteiger partial charge in [0.2, 0.25) is 0 Å². The van der Waals surface area contributed by atoms with Crippen molar-refractivity contribution >= 4 is 5.91 Å². The van der Waals surface area contributed by atoms with Crippen molar-refractivity contribution in [1.82, 2.24) is 4.90 Å². The number of amides is 1. The summed E-state index contributed by atoms with van der Waals surface area (Å²) in [5, 5.41) is 10.2. The molecule has 1 aromatic rings. The predicted molar refractivity (Wildman–Crippen MR) is 59.1 cm³/mol. The smallest absolute Gasteiger partial charge is 0.256 e. The molecular weight excluding hydrogens is 206 g/mol. The van der Waals surface area contributed by atoms with E-state index in [4.69, 9.17) is 4.42 Å². The number of furan rings is 1. The molecule has 1 aliphatic rings. The summed E-state index contributed by atoms with van der Waals surface area (Å²) in [6.45, 7) is 0.400. The maximum absolute atomic E-state index is 11.9. The molecule has 0 atom stereocenters. The van der Waals surface area contributed by atoms with Crippen molar-refractivity contribution in [2.45, 2.75) is 31.3 Å². The molecule has 4 heteroatoms. The Hall–Kier alpha value is -1.29. The highest BCUT2D eigenvalue weighted by molar-refractivity contribution is 5.93. The third-order valence-corrected chi connectivity index (χ3v) is 3.18. The SMILES string of the molecule is CN(CC1(O)CCCC1)C(=O)c1ccoc1. The minimum absolute atomic E-state index is 0.103. The molecule has 4 nitrogen and oxygen atoms in total. The van der Waals surface area contributed by atoms with Gasteiger partial charge >= 0.3 is 0 Å². The average Bonchev–Trinajstić information content (AvgIpc) is 2.87. The molecule has 1 aromatic heterocycles. The number of aliphatic hydroxyl groups is 1. The molecule has 0 unspecified atom stereocenters. The summed E-state index contributed by atoms with van der Waals surface area (Å²) >= 11 is 0. The third-order valence-electron chi connectivity index (χ3n) is 3.18. The van der Waals surface area contributed by atoms with Crippen molar-refractivity contribution in [2.75, 3.05) is 13.6 Å². The van der Waals surface area contributed by atoms with Gasteiger partial charge in [0.1, 0.15) is 6.26 Å². The van der Waals surface area contributed by atoms with Crippen molar-refractivity contribution < 1.29 is 14.3 Å². The van der Waals surface area contributed by atoms with Crippen LogP contribution in [-0.2, 0) is 0 Å². The Morgan fingerprint density at radius 3 is 2.81 bits per heavy atom. The quantitative estimate of drug-likeness (QED) is 0.847. The van der Waals surface area contributed by atoms with Gasteiger partial charge in [0, 0.05) is 13.6 Å². The fourth-order valence-corrected chi connectivity index (χ4v) is 2.31. The zero-order valence-corrected chi connectivity index (χ0v) is 9.48. The molecule has 0 aliphatic heterocycles. The number of likely N-dealkylation sites (N-methyl/N-ethyl adjacent to an activating group) is 1. The summed E-state index contributed by atoms with van der Waals surface area (Å²) in [5.41, 5.74) is -0.155. The lowest BCUT2D eigenvalue weighted by Gasteiger charge is -2.28. The Balaban J connectivity index is 1.97. The van der Waals surface area contributed by atoms with Crippen molar-refractivity contribution in [3.05, 3.63) is 24.2 Å². The van der Waals surface area contributed by atoms with E-state index in [1.807, 2.05) is 0 Å². The zero-order chi connectivity index (χ0) is 11.6. The first-order valence-corrected chi connectivity index (χ1v) is 5.61. The highest BCUT2D eigenvalue weighted by atomic mass is 16.3. The van der Waals surface area contributed by atoms with Gasteiger partial charge in [-0.3, -0.25) is 4.79 Å². The molecule has 0 bridgehead atoms. The predicted octanol–water partition coefficient (Wildman–Crippen LogP) is 1.66. The van der Waals surface area contributed by atoms with Gasteiger partial charge in [0.25, 0.3) is 5.91 Å². The van der Waals surface area contributed by atoms with Crippen LogP contribution >= 0.6 is 0 Å². The van der Waals surface area contributed by atoms with Gasteiger partial charge in [0.15, 0.2) is 0 Å². The summed E-state index contributed by atoms with van der Waals surface area (Å²) in [5.74, 6) is -0.103. The van der Waals surface area contributed by atoms with E-state index in [1.54, 1.807) is 18.0 Å². The Kier molecular flexibility index (Phi) is 3.01. The standard InChI is InChI=1S/C12H17NO3/c1-13(9-12(15)5-2-3-6-12)11(14)10-4-7-16-8-10/h4,7-8,15H,2-3,5-6,9H2,1H3. The largest absolute Gasteiger partial charge is 0.472 e. The Morgan fingerprint density at radius 2 is 2.25 bits per heavy atom. The number of nitrogens with zero attached hydrogens (tertiary/aromatic N) is 1. The maximum atomic E-state index is 11.9. The van der Waals surface area contributed by atoms with E-state index in [0.717, 1.165) is 25.7 Å².